The van der Waals surface area contributed by atoms with Gasteiger partial charge in [-0.3, -0.25) is 0 Å². The summed E-state index contributed by atoms with van der Waals surface area (Å²) in [6.07, 6.45) is 2.08. The van der Waals surface area contributed by atoms with E-state index in [2.05, 4.69) is 86.6 Å². The quantitative estimate of drug-likeness (QED) is 0.567. The first-order valence-electron chi connectivity index (χ1n) is 7.99. The summed E-state index contributed by atoms with van der Waals surface area (Å²) in [6, 6.07) is 26.4. The Labute approximate surface area is 133 Å². The minimum absolute atomic E-state index is 0.981. The first kappa shape index (κ1) is 14.6. The van der Waals surface area contributed by atoms with Gasteiger partial charge in [0, 0.05) is 0 Å². The molecule has 3 aromatic carbocycles. The maximum Gasteiger partial charge on any atom is -0.00196 e. The molecule has 0 amide bonds. The van der Waals surface area contributed by atoms with Crippen molar-refractivity contribution < 1.29 is 0 Å². The van der Waals surface area contributed by atoms with E-state index in [0.29, 0.717) is 0 Å². The van der Waals surface area contributed by atoms with Gasteiger partial charge in [0.2, 0.25) is 0 Å². The van der Waals surface area contributed by atoms with Crippen molar-refractivity contribution >= 4 is 0 Å². The molecule has 0 aromatic heterocycles. The number of benzene rings is 3. The van der Waals surface area contributed by atoms with Gasteiger partial charge >= 0.3 is 0 Å². The van der Waals surface area contributed by atoms with Crippen LogP contribution in [0.1, 0.15) is 29.2 Å². The van der Waals surface area contributed by atoms with Crippen molar-refractivity contribution in [2.24, 2.45) is 0 Å². The molecule has 0 spiro atoms. The normalized spacial score (nSPS) is 10.6. The zero-order valence-corrected chi connectivity index (χ0v) is 13.3. The molecule has 0 aliphatic heterocycles. The van der Waals surface area contributed by atoms with E-state index in [9.17, 15) is 0 Å². The summed E-state index contributed by atoms with van der Waals surface area (Å²) in [7, 11) is 0. The molecule has 0 atom stereocenters. The van der Waals surface area contributed by atoms with Crippen LogP contribution in [0.5, 0.6) is 0 Å². The van der Waals surface area contributed by atoms with Gasteiger partial charge in [0.05, 0.1) is 0 Å². The zero-order valence-electron chi connectivity index (χ0n) is 13.3. The van der Waals surface area contributed by atoms with Crippen molar-refractivity contribution in [3.05, 3.63) is 95.1 Å². The fraction of sp³-hybridized carbons (Fsp3) is 0.182. The molecule has 3 aromatic rings. The summed E-state index contributed by atoms with van der Waals surface area (Å²) in [4.78, 5) is 0. The lowest BCUT2D eigenvalue weighted by molar-refractivity contribution is 1.12. The third kappa shape index (κ3) is 3.12. The van der Waals surface area contributed by atoms with Crippen LogP contribution in [0.4, 0.5) is 0 Å². The SMILES string of the molecule is CCc1ccc(Cc2ccccc2-c2ccccc2C)cc1. The average molecular weight is 286 g/mol. The Bertz CT molecular complexity index is 751. The molecule has 0 bridgehead atoms. The molecule has 0 aliphatic carbocycles. The van der Waals surface area contributed by atoms with Gasteiger partial charge in [0.15, 0.2) is 0 Å². The van der Waals surface area contributed by atoms with E-state index in [1.807, 2.05) is 0 Å². The molecule has 0 heterocycles. The number of hydrogen-bond acceptors (Lipinski definition) is 0. The minimum Gasteiger partial charge on any atom is -0.0620 e. The number of rotatable bonds is 4. The predicted molar refractivity (Wildman–Crippen MR) is 95.2 cm³/mol. The van der Waals surface area contributed by atoms with E-state index < -0.39 is 0 Å². The fourth-order valence-electron chi connectivity index (χ4n) is 2.93. The molecule has 0 N–H and O–H groups in total. The van der Waals surface area contributed by atoms with E-state index in [-0.39, 0.29) is 0 Å². The zero-order chi connectivity index (χ0) is 15.4. The molecule has 3 rings (SSSR count). The van der Waals surface area contributed by atoms with Crippen LogP contribution in [0.25, 0.3) is 11.1 Å². The molecule has 0 aliphatic rings. The Morgan fingerprint density at radius 2 is 1.23 bits per heavy atom. The molecule has 0 radical (unpaired) electrons. The monoisotopic (exact) mass is 286 g/mol. The predicted octanol–water partition coefficient (Wildman–Crippen LogP) is 5.82. The van der Waals surface area contributed by atoms with Gasteiger partial charge in [-0.1, -0.05) is 79.7 Å². The summed E-state index contributed by atoms with van der Waals surface area (Å²) in [5.74, 6) is 0. The highest BCUT2D eigenvalue weighted by molar-refractivity contribution is 5.70. The van der Waals surface area contributed by atoms with Crippen LogP contribution in [0, 0.1) is 6.92 Å². The summed E-state index contributed by atoms with van der Waals surface area (Å²) < 4.78 is 0. The van der Waals surface area contributed by atoms with Crippen LogP contribution in [-0.4, -0.2) is 0 Å². The van der Waals surface area contributed by atoms with Gasteiger partial charge in [-0.15, -0.1) is 0 Å². The van der Waals surface area contributed by atoms with Gasteiger partial charge in [-0.25, -0.2) is 0 Å². The standard InChI is InChI=1S/C22H22/c1-3-18-12-14-19(15-13-18)16-20-9-5-7-11-22(20)21-10-6-4-8-17(21)2/h4-15H,3,16H2,1-2H3. The lowest BCUT2D eigenvalue weighted by atomic mass is 9.92. The second kappa shape index (κ2) is 6.62. The third-order valence-electron chi connectivity index (χ3n) is 4.28. The van der Waals surface area contributed by atoms with Gasteiger partial charge in [-0.2, -0.15) is 0 Å². The number of aryl methyl sites for hydroxylation is 2. The van der Waals surface area contributed by atoms with E-state index >= 15 is 0 Å². The topological polar surface area (TPSA) is 0 Å². The minimum atomic E-state index is 0.981. The van der Waals surface area contributed by atoms with Crippen LogP contribution in [-0.2, 0) is 12.8 Å². The summed E-state index contributed by atoms with van der Waals surface area (Å²) >= 11 is 0. The highest BCUT2D eigenvalue weighted by Crippen LogP contribution is 2.28. The largest absolute Gasteiger partial charge is 0.0620 e. The van der Waals surface area contributed by atoms with Crippen molar-refractivity contribution in [3.63, 3.8) is 0 Å². The molecule has 0 saturated heterocycles. The Morgan fingerprint density at radius 1 is 0.636 bits per heavy atom. The van der Waals surface area contributed by atoms with Crippen molar-refractivity contribution in [3.8, 4) is 11.1 Å². The first-order chi connectivity index (χ1) is 10.8. The molecular formula is C22H22. The third-order valence-corrected chi connectivity index (χ3v) is 4.28. The lowest BCUT2D eigenvalue weighted by Gasteiger charge is -2.12. The second-order valence-electron chi connectivity index (χ2n) is 5.82. The highest BCUT2D eigenvalue weighted by Gasteiger charge is 2.07. The van der Waals surface area contributed by atoms with E-state index in [1.54, 1.807) is 0 Å². The van der Waals surface area contributed by atoms with Crippen LogP contribution in [0.2, 0.25) is 0 Å². The average Bonchev–Trinajstić information content (AvgIpc) is 2.57. The van der Waals surface area contributed by atoms with Gasteiger partial charge in [-0.05, 0) is 53.1 Å². The Kier molecular flexibility index (Phi) is 4.39. The van der Waals surface area contributed by atoms with Crippen molar-refractivity contribution in [2.45, 2.75) is 26.7 Å². The first-order valence-corrected chi connectivity index (χ1v) is 7.99. The van der Waals surface area contributed by atoms with Crippen molar-refractivity contribution in [1.82, 2.24) is 0 Å². The molecule has 0 nitrogen and oxygen atoms in total. The van der Waals surface area contributed by atoms with Crippen LogP contribution < -0.4 is 0 Å². The van der Waals surface area contributed by atoms with Gasteiger partial charge in [0.1, 0.15) is 0 Å². The maximum atomic E-state index is 2.26. The highest BCUT2D eigenvalue weighted by atomic mass is 14.1. The number of hydrogen-bond donors (Lipinski definition) is 0. The molecule has 0 saturated carbocycles. The van der Waals surface area contributed by atoms with E-state index in [0.717, 1.165) is 12.8 Å². The Hall–Kier alpha value is -2.34. The second-order valence-corrected chi connectivity index (χ2v) is 5.82. The molecule has 0 fully saturated rings. The smallest absolute Gasteiger partial charge is 0.00196 e. The molecule has 0 heteroatoms. The Balaban J connectivity index is 1.96. The molecule has 110 valence electrons. The van der Waals surface area contributed by atoms with E-state index in [4.69, 9.17) is 0 Å². The van der Waals surface area contributed by atoms with E-state index in [1.165, 1.54) is 33.4 Å². The van der Waals surface area contributed by atoms with Gasteiger partial charge in [0.25, 0.3) is 0 Å². The van der Waals surface area contributed by atoms with Crippen molar-refractivity contribution in [1.29, 1.82) is 0 Å². The Morgan fingerprint density at radius 3 is 1.91 bits per heavy atom. The van der Waals surface area contributed by atoms with Crippen LogP contribution in [0.15, 0.2) is 72.8 Å². The van der Waals surface area contributed by atoms with Crippen LogP contribution in [0.3, 0.4) is 0 Å². The molecule has 0 unspecified atom stereocenters. The van der Waals surface area contributed by atoms with Crippen molar-refractivity contribution in [2.75, 3.05) is 0 Å². The van der Waals surface area contributed by atoms with Gasteiger partial charge < -0.3 is 0 Å². The maximum absolute atomic E-state index is 2.26. The fourth-order valence-corrected chi connectivity index (χ4v) is 2.93. The summed E-state index contributed by atoms with van der Waals surface area (Å²) in [5, 5.41) is 0. The van der Waals surface area contributed by atoms with Crippen LogP contribution >= 0.6 is 0 Å². The molecule has 22 heavy (non-hydrogen) atoms. The summed E-state index contributed by atoms with van der Waals surface area (Å²) in [5.41, 5.74) is 8.18. The molecular weight excluding hydrogens is 264 g/mol. The lowest BCUT2D eigenvalue weighted by Crippen LogP contribution is -1.94. The summed E-state index contributed by atoms with van der Waals surface area (Å²) in [6.45, 7) is 4.38.